The number of rotatable bonds is 4. The van der Waals surface area contributed by atoms with Crippen LogP contribution in [0.15, 0.2) is 18.3 Å². The van der Waals surface area contributed by atoms with Crippen molar-refractivity contribution >= 4 is 12.0 Å². The first-order valence-corrected chi connectivity index (χ1v) is 4.71. The lowest BCUT2D eigenvalue weighted by molar-refractivity contribution is -0.137. The van der Waals surface area contributed by atoms with Gasteiger partial charge in [0.1, 0.15) is 0 Å². The number of carbonyl (C=O) groups is 1. The number of hydrogen-bond acceptors (Lipinski definition) is 4. The van der Waals surface area contributed by atoms with Gasteiger partial charge in [0.2, 0.25) is 5.88 Å². The zero-order chi connectivity index (χ0) is 12.0. The Morgan fingerprint density at radius 2 is 2.38 bits per heavy atom. The fourth-order valence-electron chi connectivity index (χ4n) is 1.04. The largest absolute Gasteiger partial charge is 0.479 e. The molecule has 0 spiro atoms. The van der Waals surface area contributed by atoms with Gasteiger partial charge in [0, 0.05) is 12.3 Å². The van der Waals surface area contributed by atoms with Crippen LogP contribution in [-0.2, 0) is 9.53 Å². The van der Waals surface area contributed by atoms with Crippen LogP contribution >= 0.6 is 0 Å². The quantitative estimate of drug-likeness (QED) is 0.579. The zero-order valence-electron chi connectivity index (χ0n) is 9.07. The number of ether oxygens (including phenoxy) is 2. The first kappa shape index (κ1) is 12.2. The molecule has 0 atom stereocenters. The summed E-state index contributed by atoms with van der Waals surface area (Å²) in [5, 5.41) is 0. The first-order chi connectivity index (χ1) is 7.67. The average molecular weight is 225 g/mol. The SMILES string of the molecule is CCOC(=O)/C=C/c1cnc(OC)c(F)c1. The monoisotopic (exact) mass is 225 g/mol. The molecule has 0 aliphatic carbocycles. The molecule has 16 heavy (non-hydrogen) atoms. The third-order valence-electron chi connectivity index (χ3n) is 1.72. The van der Waals surface area contributed by atoms with Gasteiger partial charge < -0.3 is 9.47 Å². The number of nitrogens with zero attached hydrogens (tertiary/aromatic N) is 1. The van der Waals surface area contributed by atoms with E-state index >= 15 is 0 Å². The number of aromatic nitrogens is 1. The van der Waals surface area contributed by atoms with Crippen LogP contribution in [0.4, 0.5) is 4.39 Å². The number of carbonyl (C=O) groups excluding carboxylic acids is 1. The van der Waals surface area contributed by atoms with E-state index in [0.717, 1.165) is 0 Å². The Morgan fingerprint density at radius 1 is 1.62 bits per heavy atom. The molecule has 0 aliphatic heterocycles. The van der Waals surface area contributed by atoms with Gasteiger partial charge in [-0.3, -0.25) is 0 Å². The van der Waals surface area contributed by atoms with E-state index in [1.54, 1.807) is 6.92 Å². The van der Waals surface area contributed by atoms with Gasteiger partial charge in [0.05, 0.1) is 13.7 Å². The molecular weight excluding hydrogens is 213 g/mol. The van der Waals surface area contributed by atoms with Gasteiger partial charge in [-0.2, -0.15) is 0 Å². The van der Waals surface area contributed by atoms with Gasteiger partial charge in [-0.15, -0.1) is 0 Å². The first-order valence-electron chi connectivity index (χ1n) is 4.71. The van der Waals surface area contributed by atoms with Crippen molar-refractivity contribution in [1.82, 2.24) is 4.98 Å². The van der Waals surface area contributed by atoms with Gasteiger partial charge in [0.25, 0.3) is 0 Å². The van der Waals surface area contributed by atoms with E-state index in [1.807, 2.05) is 0 Å². The molecule has 0 aromatic carbocycles. The zero-order valence-corrected chi connectivity index (χ0v) is 9.07. The van der Waals surface area contributed by atoms with Crippen LogP contribution in [0.2, 0.25) is 0 Å². The topological polar surface area (TPSA) is 48.4 Å². The Balaban J connectivity index is 2.75. The van der Waals surface area contributed by atoms with Crippen molar-refractivity contribution in [2.24, 2.45) is 0 Å². The summed E-state index contributed by atoms with van der Waals surface area (Å²) in [6.45, 7) is 2.01. The summed E-state index contributed by atoms with van der Waals surface area (Å²) in [6, 6.07) is 1.22. The van der Waals surface area contributed by atoms with Crippen LogP contribution in [0.25, 0.3) is 6.08 Å². The lowest BCUT2D eigenvalue weighted by Gasteiger charge is -2.00. The molecule has 0 fully saturated rings. The van der Waals surface area contributed by atoms with E-state index in [2.05, 4.69) is 14.5 Å². The maximum absolute atomic E-state index is 13.2. The third kappa shape index (κ3) is 3.34. The second-order valence-corrected chi connectivity index (χ2v) is 2.85. The summed E-state index contributed by atoms with van der Waals surface area (Å²) in [4.78, 5) is 14.7. The highest BCUT2D eigenvalue weighted by Crippen LogP contribution is 2.14. The summed E-state index contributed by atoms with van der Waals surface area (Å²) in [5.41, 5.74) is 0.464. The van der Waals surface area contributed by atoms with Crippen molar-refractivity contribution < 1.29 is 18.7 Å². The normalized spacial score (nSPS) is 10.4. The standard InChI is InChI=1S/C11H12FNO3/c1-3-16-10(14)5-4-8-6-9(12)11(15-2)13-7-8/h4-7H,3H2,1-2H3/b5-4+. The van der Waals surface area contributed by atoms with Crippen molar-refractivity contribution in [3.05, 3.63) is 29.7 Å². The van der Waals surface area contributed by atoms with E-state index in [1.165, 1.54) is 31.5 Å². The molecule has 0 N–H and O–H groups in total. The minimum atomic E-state index is -0.575. The van der Waals surface area contributed by atoms with Gasteiger partial charge in [-0.25, -0.2) is 14.2 Å². The minimum absolute atomic E-state index is 0.0757. The van der Waals surface area contributed by atoms with E-state index < -0.39 is 11.8 Å². The van der Waals surface area contributed by atoms with Crippen LogP contribution in [-0.4, -0.2) is 24.7 Å². The molecule has 0 unspecified atom stereocenters. The molecule has 1 aromatic rings. The lowest BCUT2D eigenvalue weighted by Crippen LogP contribution is -1.98. The van der Waals surface area contributed by atoms with Crippen molar-refractivity contribution in [3.8, 4) is 5.88 Å². The predicted octanol–water partition coefficient (Wildman–Crippen LogP) is 1.81. The number of esters is 1. The Kier molecular flexibility index (Phi) is 4.44. The molecule has 5 heteroatoms. The van der Waals surface area contributed by atoms with Gasteiger partial charge in [-0.05, 0) is 24.6 Å². The van der Waals surface area contributed by atoms with Crippen molar-refractivity contribution in [1.29, 1.82) is 0 Å². The highest BCUT2D eigenvalue weighted by Gasteiger charge is 2.03. The second-order valence-electron chi connectivity index (χ2n) is 2.85. The lowest BCUT2D eigenvalue weighted by atomic mass is 10.2. The maximum Gasteiger partial charge on any atom is 0.330 e. The smallest absolute Gasteiger partial charge is 0.330 e. The van der Waals surface area contributed by atoms with Crippen molar-refractivity contribution in [2.75, 3.05) is 13.7 Å². The molecule has 0 radical (unpaired) electrons. The number of hydrogen-bond donors (Lipinski definition) is 0. The second kappa shape index (κ2) is 5.85. The Bertz CT molecular complexity index is 404. The van der Waals surface area contributed by atoms with E-state index in [9.17, 15) is 9.18 Å². The molecule has 1 rings (SSSR count). The average Bonchev–Trinajstić information content (AvgIpc) is 2.27. The highest BCUT2D eigenvalue weighted by molar-refractivity contribution is 5.86. The summed E-state index contributed by atoms with van der Waals surface area (Å²) < 4.78 is 22.5. The van der Waals surface area contributed by atoms with E-state index in [-0.39, 0.29) is 5.88 Å². The molecular formula is C11H12FNO3. The van der Waals surface area contributed by atoms with Crippen LogP contribution in [0.3, 0.4) is 0 Å². The van der Waals surface area contributed by atoms with Gasteiger partial charge in [-0.1, -0.05) is 0 Å². The Morgan fingerprint density at radius 3 is 2.94 bits per heavy atom. The van der Waals surface area contributed by atoms with Crippen LogP contribution in [0.5, 0.6) is 5.88 Å². The predicted molar refractivity (Wildman–Crippen MR) is 56.4 cm³/mol. The summed E-state index contributed by atoms with van der Waals surface area (Å²) in [5.74, 6) is -1.12. The molecule has 0 aliphatic rings. The number of pyridine rings is 1. The minimum Gasteiger partial charge on any atom is -0.479 e. The van der Waals surface area contributed by atoms with Crippen molar-refractivity contribution in [3.63, 3.8) is 0 Å². The molecule has 1 aromatic heterocycles. The Hall–Kier alpha value is -1.91. The molecule has 86 valence electrons. The van der Waals surface area contributed by atoms with E-state index in [0.29, 0.717) is 12.2 Å². The summed E-state index contributed by atoms with van der Waals surface area (Å²) in [6.07, 6.45) is 4.04. The van der Waals surface area contributed by atoms with Gasteiger partial charge >= 0.3 is 5.97 Å². The molecule has 4 nitrogen and oxygen atoms in total. The molecule has 0 amide bonds. The fraction of sp³-hybridized carbons (Fsp3) is 0.273. The summed E-state index contributed by atoms with van der Waals surface area (Å²) >= 11 is 0. The van der Waals surface area contributed by atoms with Crippen molar-refractivity contribution in [2.45, 2.75) is 6.92 Å². The number of methoxy groups -OCH3 is 1. The summed E-state index contributed by atoms with van der Waals surface area (Å²) in [7, 11) is 1.33. The Labute approximate surface area is 92.7 Å². The molecule has 0 saturated carbocycles. The fourth-order valence-corrected chi connectivity index (χ4v) is 1.04. The van der Waals surface area contributed by atoms with Crippen LogP contribution in [0.1, 0.15) is 12.5 Å². The number of halogens is 1. The molecule has 1 heterocycles. The van der Waals surface area contributed by atoms with Crippen LogP contribution < -0.4 is 4.74 Å². The molecule has 0 bridgehead atoms. The third-order valence-corrected chi connectivity index (χ3v) is 1.72. The maximum atomic E-state index is 13.2. The van der Waals surface area contributed by atoms with E-state index in [4.69, 9.17) is 0 Å². The van der Waals surface area contributed by atoms with Gasteiger partial charge in [0.15, 0.2) is 5.82 Å². The molecule has 0 saturated heterocycles. The highest BCUT2D eigenvalue weighted by atomic mass is 19.1. The van der Waals surface area contributed by atoms with Crippen LogP contribution in [0, 0.1) is 5.82 Å².